The summed E-state index contributed by atoms with van der Waals surface area (Å²) in [7, 11) is 0. The van der Waals surface area contributed by atoms with Crippen LogP contribution in [0.15, 0.2) is 12.1 Å². The highest BCUT2D eigenvalue weighted by Gasteiger charge is 2.26. The third-order valence-corrected chi connectivity index (χ3v) is 4.91. The number of nitrogen functional groups attached to an aromatic ring is 1. The summed E-state index contributed by atoms with van der Waals surface area (Å²) in [5, 5.41) is 6.91. The molecule has 0 saturated carbocycles. The lowest BCUT2D eigenvalue weighted by atomic mass is 9.91. The number of halogens is 1. The highest BCUT2D eigenvalue weighted by molar-refractivity contribution is 5.90. The molecular weight excluding hydrogens is 295 g/mol. The fourth-order valence-corrected chi connectivity index (χ4v) is 3.39. The second-order valence-electron chi connectivity index (χ2n) is 6.73. The van der Waals surface area contributed by atoms with E-state index >= 15 is 0 Å². The van der Waals surface area contributed by atoms with Crippen molar-refractivity contribution in [3.63, 3.8) is 0 Å². The van der Waals surface area contributed by atoms with Gasteiger partial charge in [0.1, 0.15) is 11.6 Å². The molecule has 1 aliphatic rings. The van der Waals surface area contributed by atoms with Gasteiger partial charge in [-0.3, -0.25) is 5.10 Å². The van der Waals surface area contributed by atoms with E-state index in [-0.39, 0.29) is 11.9 Å². The lowest BCUT2D eigenvalue weighted by molar-refractivity contribution is 0.0756. The van der Waals surface area contributed by atoms with Crippen LogP contribution in [-0.4, -0.2) is 40.3 Å². The molecule has 1 unspecified atom stereocenters. The Morgan fingerprint density at radius 3 is 2.65 bits per heavy atom. The minimum absolute atomic E-state index is 0.0569. The molecule has 3 rings (SSSR count). The smallest absolute Gasteiger partial charge is 0.156 e. The Bertz CT molecular complexity index is 677. The second-order valence-corrected chi connectivity index (χ2v) is 6.73. The van der Waals surface area contributed by atoms with Gasteiger partial charge in [0.2, 0.25) is 0 Å². The molecule has 0 aliphatic carbocycles. The van der Waals surface area contributed by atoms with Gasteiger partial charge in [-0.1, -0.05) is 0 Å². The first kappa shape index (κ1) is 16.1. The highest BCUT2D eigenvalue weighted by atomic mass is 19.1. The predicted octanol–water partition coefficient (Wildman–Crippen LogP) is 3.17. The number of likely N-dealkylation sites (tertiary alicyclic amines) is 1. The number of hydrogen-bond acceptors (Lipinski definition) is 4. The lowest BCUT2D eigenvalue weighted by Gasteiger charge is -2.36. The minimum Gasteiger partial charge on any atom is -0.490 e. The SMILES string of the molecule is CC(Oc1cc(F)c2c(N)n[nH]c2c1)C1CCN(C(C)C)CC1. The van der Waals surface area contributed by atoms with Gasteiger partial charge in [-0.2, -0.15) is 5.10 Å². The van der Waals surface area contributed by atoms with Crippen LogP contribution >= 0.6 is 0 Å². The molecule has 0 bridgehead atoms. The van der Waals surface area contributed by atoms with Crippen LogP contribution in [0.4, 0.5) is 10.2 Å². The van der Waals surface area contributed by atoms with Gasteiger partial charge in [-0.15, -0.1) is 0 Å². The van der Waals surface area contributed by atoms with Crippen molar-refractivity contribution in [3.8, 4) is 5.75 Å². The Balaban J connectivity index is 1.67. The van der Waals surface area contributed by atoms with Crippen molar-refractivity contribution < 1.29 is 9.13 Å². The van der Waals surface area contributed by atoms with E-state index in [2.05, 4.69) is 35.9 Å². The van der Waals surface area contributed by atoms with E-state index < -0.39 is 5.82 Å². The zero-order valence-corrected chi connectivity index (χ0v) is 14.0. The number of ether oxygens (including phenoxy) is 1. The standard InChI is InChI=1S/C17H25FN4O/c1-10(2)22-6-4-12(5-7-22)11(3)23-13-8-14(18)16-15(9-13)20-21-17(16)19/h8-12H,4-7H2,1-3H3,(H3,19,20,21). The number of benzene rings is 1. The summed E-state index contributed by atoms with van der Waals surface area (Å²) in [6.45, 7) is 8.73. The molecule has 2 aromatic rings. The van der Waals surface area contributed by atoms with Crippen LogP contribution in [0, 0.1) is 11.7 Å². The molecule has 1 atom stereocenters. The first-order valence-corrected chi connectivity index (χ1v) is 8.29. The lowest BCUT2D eigenvalue weighted by Crippen LogP contribution is -2.41. The molecule has 3 N–H and O–H groups in total. The summed E-state index contributed by atoms with van der Waals surface area (Å²) in [5.41, 5.74) is 6.22. The van der Waals surface area contributed by atoms with E-state index in [4.69, 9.17) is 10.5 Å². The molecule has 1 aromatic heterocycles. The number of anilines is 1. The number of aromatic nitrogens is 2. The molecule has 6 heteroatoms. The number of nitrogens with zero attached hydrogens (tertiary/aromatic N) is 2. The molecule has 126 valence electrons. The normalized spacial score (nSPS) is 18.7. The van der Waals surface area contributed by atoms with Gasteiger partial charge in [0, 0.05) is 18.2 Å². The molecule has 5 nitrogen and oxygen atoms in total. The van der Waals surface area contributed by atoms with Crippen LogP contribution in [-0.2, 0) is 0 Å². The summed E-state index contributed by atoms with van der Waals surface area (Å²) < 4.78 is 20.1. The van der Waals surface area contributed by atoms with Crippen LogP contribution in [0.1, 0.15) is 33.6 Å². The monoisotopic (exact) mass is 320 g/mol. The number of nitrogens with one attached hydrogen (secondary N) is 1. The molecular formula is C17H25FN4O. The topological polar surface area (TPSA) is 67.2 Å². The summed E-state index contributed by atoms with van der Waals surface area (Å²) in [6.07, 6.45) is 2.28. The maximum atomic E-state index is 14.1. The minimum atomic E-state index is -0.398. The molecule has 23 heavy (non-hydrogen) atoms. The first-order valence-electron chi connectivity index (χ1n) is 8.29. The number of fused-ring (bicyclic) bond motifs is 1. The van der Waals surface area contributed by atoms with Gasteiger partial charge in [-0.05, 0) is 52.6 Å². The van der Waals surface area contributed by atoms with Gasteiger partial charge in [0.15, 0.2) is 5.82 Å². The molecule has 1 aromatic carbocycles. The first-order chi connectivity index (χ1) is 11.0. The zero-order valence-electron chi connectivity index (χ0n) is 14.0. The van der Waals surface area contributed by atoms with Crippen LogP contribution in [0.3, 0.4) is 0 Å². The zero-order chi connectivity index (χ0) is 16.6. The van der Waals surface area contributed by atoms with Gasteiger partial charge >= 0.3 is 0 Å². The van der Waals surface area contributed by atoms with Crippen molar-refractivity contribution >= 4 is 16.7 Å². The van der Waals surface area contributed by atoms with E-state index in [1.54, 1.807) is 6.07 Å². The average Bonchev–Trinajstić information content (AvgIpc) is 2.89. The van der Waals surface area contributed by atoms with Crippen LogP contribution < -0.4 is 10.5 Å². The molecule has 1 fully saturated rings. The predicted molar refractivity (Wildman–Crippen MR) is 90.0 cm³/mol. The number of rotatable bonds is 4. The molecule has 2 heterocycles. The maximum absolute atomic E-state index is 14.1. The quantitative estimate of drug-likeness (QED) is 0.908. The van der Waals surface area contributed by atoms with Crippen molar-refractivity contribution in [3.05, 3.63) is 17.9 Å². The van der Waals surface area contributed by atoms with Crippen molar-refractivity contribution in [2.75, 3.05) is 18.8 Å². The molecule has 0 amide bonds. The Kier molecular flexibility index (Phi) is 4.43. The largest absolute Gasteiger partial charge is 0.490 e. The van der Waals surface area contributed by atoms with E-state index in [9.17, 15) is 4.39 Å². The Morgan fingerprint density at radius 1 is 1.30 bits per heavy atom. The molecule has 1 saturated heterocycles. The van der Waals surface area contributed by atoms with E-state index in [0.717, 1.165) is 25.9 Å². The third kappa shape index (κ3) is 3.27. The van der Waals surface area contributed by atoms with E-state index in [1.165, 1.54) is 6.07 Å². The molecule has 1 aliphatic heterocycles. The Hall–Kier alpha value is -1.82. The maximum Gasteiger partial charge on any atom is 0.156 e. The fourth-order valence-electron chi connectivity index (χ4n) is 3.39. The number of nitrogens with two attached hydrogens (primary N) is 1. The second kappa shape index (κ2) is 6.35. The molecule has 0 spiro atoms. The van der Waals surface area contributed by atoms with Gasteiger partial charge in [0.25, 0.3) is 0 Å². The fraction of sp³-hybridized carbons (Fsp3) is 0.588. The Morgan fingerprint density at radius 2 is 2.00 bits per heavy atom. The highest BCUT2D eigenvalue weighted by Crippen LogP contribution is 2.30. The Labute approximate surface area is 136 Å². The third-order valence-electron chi connectivity index (χ3n) is 4.91. The summed E-state index contributed by atoms with van der Waals surface area (Å²) in [4.78, 5) is 2.49. The van der Waals surface area contributed by atoms with Gasteiger partial charge in [-0.25, -0.2) is 4.39 Å². The molecule has 0 radical (unpaired) electrons. The van der Waals surface area contributed by atoms with Crippen molar-refractivity contribution in [1.29, 1.82) is 0 Å². The average molecular weight is 320 g/mol. The van der Waals surface area contributed by atoms with Crippen molar-refractivity contribution in [2.24, 2.45) is 5.92 Å². The number of piperidine rings is 1. The summed E-state index contributed by atoms with van der Waals surface area (Å²) >= 11 is 0. The number of aromatic amines is 1. The summed E-state index contributed by atoms with van der Waals surface area (Å²) in [5.74, 6) is 0.803. The number of hydrogen-bond donors (Lipinski definition) is 2. The summed E-state index contributed by atoms with van der Waals surface area (Å²) in [6, 6.07) is 3.75. The van der Waals surface area contributed by atoms with Gasteiger partial charge < -0.3 is 15.4 Å². The van der Waals surface area contributed by atoms with Crippen LogP contribution in [0.25, 0.3) is 10.9 Å². The van der Waals surface area contributed by atoms with E-state index in [1.807, 2.05) is 0 Å². The van der Waals surface area contributed by atoms with Gasteiger partial charge in [0.05, 0.1) is 17.0 Å². The van der Waals surface area contributed by atoms with E-state index in [0.29, 0.717) is 28.6 Å². The van der Waals surface area contributed by atoms with Crippen LogP contribution in [0.5, 0.6) is 5.75 Å². The van der Waals surface area contributed by atoms with Crippen LogP contribution in [0.2, 0.25) is 0 Å². The van der Waals surface area contributed by atoms with Crippen molar-refractivity contribution in [1.82, 2.24) is 15.1 Å². The number of H-pyrrole nitrogens is 1. The van der Waals surface area contributed by atoms with Crippen molar-refractivity contribution in [2.45, 2.75) is 45.8 Å².